The van der Waals surface area contributed by atoms with Crippen LogP contribution in [0, 0.1) is 5.92 Å². The highest BCUT2D eigenvalue weighted by Gasteiger charge is 2.23. The molecule has 0 aromatic heterocycles. The monoisotopic (exact) mass is 474 g/mol. The highest BCUT2D eigenvalue weighted by molar-refractivity contribution is 5.41. The van der Waals surface area contributed by atoms with Gasteiger partial charge in [0.05, 0.1) is 19.3 Å². The van der Waals surface area contributed by atoms with Crippen LogP contribution in [0.5, 0.6) is 11.5 Å². The summed E-state index contributed by atoms with van der Waals surface area (Å²) in [4.78, 5) is 0. The zero-order chi connectivity index (χ0) is 25.1. The standard InChI is InChI=1S/C28H42O6/c1-7-20(2)21(3)32-17-25(30)19-34-27-14-10-23(11-15-27)28(4,5)22-8-12-26(13-9-22)33-18-24(29)16-31-6/h8-15,20-21,24-25,29-30H,7,16-19H2,1-6H3. The van der Waals surface area contributed by atoms with Crippen molar-refractivity contribution in [2.75, 3.05) is 33.5 Å². The molecule has 2 N–H and O–H groups in total. The van der Waals surface area contributed by atoms with Crippen LogP contribution in [0.15, 0.2) is 48.5 Å². The zero-order valence-corrected chi connectivity index (χ0v) is 21.5. The summed E-state index contributed by atoms with van der Waals surface area (Å²) in [7, 11) is 1.55. The normalized spacial score (nSPS) is 15.4. The molecular weight excluding hydrogens is 432 g/mol. The molecule has 190 valence electrons. The van der Waals surface area contributed by atoms with E-state index >= 15 is 0 Å². The lowest BCUT2D eigenvalue weighted by molar-refractivity contribution is -0.0362. The minimum absolute atomic E-state index is 0.115. The molecule has 34 heavy (non-hydrogen) atoms. The maximum Gasteiger partial charge on any atom is 0.119 e. The smallest absolute Gasteiger partial charge is 0.119 e. The van der Waals surface area contributed by atoms with Gasteiger partial charge in [-0.15, -0.1) is 0 Å². The fourth-order valence-corrected chi connectivity index (χ4v) is 3.53. The van der Waals surface area contributed by atoms with Crippen LogP contribution in [0.3, 0.4) is 0 Å². The zero-order valence-electron chi connectivity index (χ0n) is 21.5. The maximum absolute atomic E-state index is 10.2. The SMILES string of the molecule is CCC(C)C(C)OCC(O)COc1ccc(C(C)(C)c2ccc(OCC(O)COC)cc2)cc1. The van der Waals surface area contributed by atoms with E-state index in [1.165, 1.54) is 0 Å². The van der Waals surface area contributed by atoms with Gasteiger partial charge in [-0.2, -0.15) is 0 Å². The Balaban J connectivity index is 1.89. The lowest BCUT2D eigenvalue weighted by atomic mass is 9.78. The Labute approximate surface area is 204 Å². The average molecular weight is 475 g/mol. The van der Waals surface area contributed by atoms with E-state index in [0.717, 1.165) is 17.5 Å². The molecule has 2 rings (SSSR count). The first-order chi connectivity index (χ1) is 16.2. The van der Waals surface area contributed by atoms with Crippen molar-refractivity contribution in [2.45, 2.75) is 64.8 Å². The fourth-order valence-electron chi connectivity index (χ4n) is 3.53. The molecule has 0 spiro atoms. The first-order valence-electron chi connectivity index (χ1n) is 12.1. The van der Waals surface area contributed by atoms with Gasteiger partial charge in [0.15, 0.2) is 0 Å². The van der Waals surface area contributed by atoms with Crippen molar-refractivity contribution < 1.29 is 29.2 Å². The van der Waals surface area contributed by atoms with Gasteiger partial charge in [0.2, 0.25) is 0 Å². The summed E-state index contributed by atoms with van der Waals surface area (Å²) in [5.41, 5.74) is 2.08. The van der Waals surface area contributed by atoms with Crippen molar-refractivity contribution in [3.63, 3.8) is 0 Å². The minimum Gasteiger partial charge on any atom is -0.491 e. The Morgan fingerprint density at radius 3 is 1.59 bits per heavy atom. The number of hydrogen-bond donors (Lipinski definition) is 2. The van der Waals surface area contributed by atoms with Gasteiger partial charge in [0.25, 0.3) is 0 Å². The molecule has 0 saturated carbocycles. The van der Waals surface area contributed by atoms with Gasteiger partial charge in [-0.1, -0.05) is 58.4 Å². The second-order valence-corrected chi connectivity index (χ2v) is 9.48. The molecule has 6 heteroatoms. The summed E-state index contributed by atoms with van der Waals surface area (Å²) in [6.45, 7) is 11.5. The Morgan fingerprint density at radius 2 is 1.18 bits per heavy atom. The van der Waals surface area contributed by atoms with Gasteiger partial charge in [-0.05, 0) is 48.2 Å². The molecule has 0 saturated heterocycles. The molecule has 4 atom stereocenters. The third-order valence-corrected chi connectivity index (χ3v) is 6.39. The van der Waals surface area contributed by atoms with Gasteiger partial charge < -0.3 is 29.2 Å². The number of methoxy groups -OCH3 is 1. The molecule has 0 aliphatic carbocycles. The van der Waals surface area contributed by atoms with Gasteiger partial charge in [0, 0.05) is 12.5 Å². The molecule has 0 aliphatic rings. The summed E-state index contributed by atoms with van der Waals surface area (Å²) in [5.74, 6) is 1.88. The Kier molecular flexibility index (Phi) is 11.3. The number of aliphatic hydroxyl groups excluding tert-OH is 2. The van der Waals surface area contributed by atoms with E-state index < -0.39 is 12.2 Å². The van der Waals surface area contributed by atoms with Crippen molar-refractivity contribution >= 4 is 0 Å². The molecule has 0 bridgehead atoms. The summed E-state index contributed by atoms with van der Waals surface area (Å²) in [5, 5.41) is 19.9. The van der Waals surface area contributed by atoms with Crippen LogP contribution in [0.25, 0.3) is 0 Å². The van der Waals surface area contributed by atoms with Crippen LogP contribution < -0.4 is 9.47 Å². The molecule has 0 radical (unpaired) electrons. The summed E-state index contributed by atoms with van der Waals surface area (Å²) >= 11 is 0. The molecule has 6 nitrogen and oxygen atoms in total. The summed E-state index contributed by atoms with van der Waals surface area (Å²) < 4.78 is 22.1. The van der Waals surface area contributed by atoms with Crippen molar-refractivity contribution in [2.24, 2.45) is 5.92 Å². The van der Waals surface area contributed by atoms with Crippen LogP contribution in [0.2, 0.25) is 0 Å². The highest BCUT2D eigenvalue weighted by Crippen LogP contribution is 2.33. The molecule has 0 fully saturated rings. The van der Waals surface area contributed by atoms with Crippen LogP contribution in [0.4, 0.5) is 0 Å². The topological polar surface area (TPSA) is 77.4 Å². The second kappa shape index (κ2) is 13.7. The van der Waals surface area contributed by atoms with E-state index in [9.17, 15) is 10.2 Å². The van der Waals surface area contributed by atoms with Crippen molar-refractivity contribution in [3.05, 3.63) is 59.7 Å². The quantitative estimate of drug-likeness (QED) is 0.393. The molecule has 0 heterocycles. The van der Waals surface area contributed by atoms with Crippen molar-refractivity contribution in [1.82, 2.24) is 0 Å². The molecule has 0 aliphatic heterocycles. The largest absolute Gasteiger partial charge is 0.491 e. The molecule has 0 amide bonds. The fraction of sp³-hybridized carbons (Fsp3) is 0.571. The van der Waals surface area contributed by atoms with Crippen molar-refractivity contribution in [3.8, 4) is 11.5 Å². The van der Waals surface area contributed by atoms with Crippen LogP contribution >= 0.6 is 0 Å². The summed E-state index contributed by atoms with van der Waals surface area (Å²) in [6, 6.07) is 15.9. The Morgan fingerprint density at radius 1 is 0.735 bits per heavy atom. The minimum atomic E-state index is -0.668. The third kappa shape index (κ3) is 8.58. The Bertz CT molecular complexity index is 818. The summed E-state index contributed by atoms with van der Waals surface area (Å²) in [6.07, 6.45) is -0.153. The number of benzene rings is 2. The van der Waals surface area contributed by atoms with Gasteiger partial charge >= 0.3 is 0 Å². The van der Waals surface area contributed by atoms with Crippen LogP contribution in [0.1, 0.15) is 52.2 Å². The van der Waals surface area contributed by atoms with E-state index in [2.05, 4.69) is 39.8 Å². The van der Waals surface area contributed by atoms with E-state index in [1.54, 1.807) is 7.11 Å². The van der Waals surface area contributed by atoms with E-state index in [4.69, 9.17) is 18.9 Å². The highest BCUT2D eigenvalue weighted by atomic mass is 16.5. The molecule has 2 aromatic rings. The first kappa shape index (κ1) is 28.1. The first-order valence-corrected chi connectivity index (χ1v) is 12.1. The van der Waals surface area contributed by atoms with Gasteiger partial charge in [0.1, 0.15) is 36.9 Å². The predicted octanol–water partition coefficient (Wildman–Crippen LogP) is 4.59. The van der Waals surface area contributed by atoms with Gasteiger partial charge in [-0.3, -0.25) is 0 Å². The average Bonchev–Trinajstić information content (AvgIpc) is 2.84. The molecule has 2 aromatic carbocycles. The van der Waals surface area contributed by atoms with Crippen molar-refractivity contribution in [1.29, 1.82) is 0 Å². The van der Waals surface area contributed by atoms with E-state index in [1.807, 2.05) is 43.3 Å². The second-order valence-electron chi connectivity index (χ2n) is 9.48. The number of rotatable bonds is 15. The van der Waals surface area contributed by atoms with Crippen LogP contribution in [-0.2, 0) is 14.9 Å². The number of ether oxygens (including phenoxy) is 4. The molecule has 4 unspecified atom stereocenters. The lowest BCUT2D eigenvalue weighted by Gasteiger charge is -2.26. The molecular formula is C28H42O6. The maximum atomic E-state index is 10.2. The van der Waals surface area contributed by atoms with Gasteiger partial charge in [-0.25, -0.2) is 0 Å². The third-order valence-electron chi connectivity index (χ3n) is 6.39. The lowest BCUT2D eigenvalue weighted by Crippen LogP contribution is -2.28. The van der Waals surface area contributed by atoms with E-state index in [-0.39, 0.29) is 37.9 Å². The van der Waals surface area contributed by atoms with E-state index in [0.29, 0.717) is 17.4 Å². The Hall–Kier alpha value is -2.12. The number of aliphatic hydroxyl groups is 2. The van der Waals surface area contributed by atoms with Crippen LogP contribution in [-0.4, -0.2) is 62.1 Å². The predicted molar refractivity (Wildman–Crippen MR) is 135 cm³/mol. The number of hydrogen-bond acceptors (Lipinski definition) is 6.